The predicted octanol–water partition coefficient (Wildman–Crippen LogP) is 6.79. The second-order valence-electron chi connectivity index (χ2n) is 6.99. The highest BCUT2D eigenvalue weighted by Gasteiger charge is 2.21. The van der Waals surface area contributed by atoms with E-state index < -0.39 is 6.04 Å². The van der Waals surface area contributed by atoms with Crippen LogP contribution in [0, 0.1) is 0 Å². The van der Waals surface area contributed by atoms with Crippen LogP contribution in [0.5, 0.6) is 0 Å². The van der Waals surface area contributed by atoms with Gasteiger partial charge >= 0.3 is 0 Å². The van der Waals surface area contributed by atoms with Crippen molar-refractivity contribution in [2.45, 2.75) is 31.6 Å². The molecule has 0 bridgehead atoms. The van der Waals surface area contributed by atoms with Gasteiger partial charge in [-0.05, 0) is 44.2 Å². The molecule has 0 aliphatic heterocycles. The van der Waals surface area contributed by atoms with Gasteiger partial charge in [0.05, 0.1) is 42.6 Å². The van der Waals surface area contributed by atoms with Gasteiger partial charge in [0.25, 0.3) is 5.91 Å². The zero-order chi connectivity index (χ0) is 25.0. The first kappa shape index (κ1) is 26.9. The quantitative estimate of drug-likeness (QED) is 0.226. The normalized spacial score (nSPS) is 11.9. The number of nitrogens with one attached hydrogen (secondary N) is 2. The molecule has 0 radical (unpaired) electrons. The summed E-state index contributed by atoms with van der Waals surface area (Å²) < 4.78 is 1.82. The number of aromatic nitrogens is 3. The van der Waals surface area contributed by atoms with Gasteiger partial charge in [0, 0.05) is 12.1 Å². The van der Waals surface area contributed by atoms with Crippen LogP contribution in [0.15, 0.2) is 35.5 Å². The fraction of sp³-hybridized carbons (Fsp3) is 0.238. The Hall–Kier alpha value is -1.68. The predicted molar refractivity (Wildman–Crippen MR) is 139 cm³/mol. The van der Waals surface area contributed by atoms with E-state index >= 15 is 0 Å². The first-order chi connectivity index (χ1) is 16.1. The van der Waals surface area contributed by atoms with E-state index in [1.807, 2.05) is 11.5 Å². The zero-order valence-electron chi connectivity index (χ0n) is 17.8. The molecule has 34 heavy (non-hydrogen) atoms. The Morgan fingerprint density at radius 3 is 2.32 bits per heavy atom. The van der Waals surface area contributed by atoms with Gasteiger partial charge in [-0.1, -0.05) is 69.8 Å². The molecule has 2 amide bonds. The third-order valence-electron chi connectivity index (χ3n) is 4.59. The molecule has 0 saturated carbocycles. The van der Waals surface area contributed by atoms with Crippen molar-refractivity contribution < 1.29 is 9.59 Å². The summed E-state index contributed by atoms with van der Waals surface area (Å²) in [4.78, 5) is 25.0. The summed E-state index contributed by atoms with van der Waals surface area (Å²) in [6.45, 7) is 4.25. The number of halogens is 5. The van der Waals surface area contributed by atoms with E-state index in [9.17, 15) is 9.59 Å². The molecule has 0 aliphatic carbocycles. The molecule has 13 heteroatoms. The Bertz CT molecular complexity index is 1240. The molecule has 3 rings (SSSR count). The van der Waals surface area contributed by atoms with Crippen molar-refractivity contribution in [1.29, 1.82) is 0 Å². The molecule has 1 atom stereocenters. The van der Waals surface area contributed by atoms with E-state index in [1.54, 1.807) is 19.1 Å². The molecule has 3 aromatic rings. The summed E-state index contributed by atoms with van der Waals surface area (Å²) in [7, 11) is 0. The number of rotatable bonds is 8. The summed E-state index contributed by atoms with van der Waals surface area (Å²) in [5.41, 5.74) is 0.731. The van der Waals surface area contributed by atoms with Crippen molar-refractivity contribution in [2.75, 3.05) is 11.1 Å². The van der Waals surface area contributed by atoms with Crippen molar-refractivity contribution in [2.24, 2.45) is 0 Å². The Morgan fingerprint density at radius 2 is 1.65 bits per heavy atom. The van der Waals surface area contributed by atoms with Crippen LogP contribution < -0.4 is 10.6 Å². The van der Waals surface area contributed by atoms with Gasteiger partial charge in [-0.25, -0.2) is 0 Å². The Kier molecular flexibility index (Phi) is 9.37. The van der Waals surface area contributed by atoms with Crippen molar-refractivity contribution in [3.05, 3.63) is 66.8 Å². The number of hydrogen-bond acceptors (Lipinski definition) is 5. The monoisotopic (exact) mass is 579 g/mol. The minimum absolute atomic E-state index is 0.0543. The molecule has 1 heterocycles. The lowest BCUT2D eigenvalue weighted by atomic mass is 10.2. The smallest absolute Gasteiger partial charge is 0.251 e. The van der Waals surface area contributed by atoms with Crippen LogP contribution >= 0.6 is 69.8 Å². The maximum atomic E-state index is 12.6. The van der Waals surface area contributed by atoms with Gasteiger partial charge in [0.15, 0.2) is 11.0 Å². The summed E-state index contributed by atoms with van der Waals surface area (Å²) in [6, 6.07) is 7.13. The Labute approximate surface area is 225 Å². The van der Waals surface area contributed by atoms with Crippen molar-refractivity contribution >= 4 is 87.3 Å². The largest absolute Gasteiger partial charge is 0.342 e. The highest BCUT2D eigenvalue weighted by Crippen LogP contribution is 2.32. The zero-order valence-corrected chi connectivity index (χ0v) is 22.4. The molecular formula is C21H18Cl5N5O2S. The average Bonchev–Trinajstić information content (AvgIpc) is 3.21. The topological polar surface area (TPSA) is 88.9 Å². The van der Waals surface area contributed by atoms with E-state index in [1.165, 1.54) is 30.0 Å². The molecule has 180 valence electrons. The fourth-order valence-electron chi connectivity index (χ4n) is 2.94. The maximum Gasteiger partial charge on any atom is 0.251 e. The highest BCUT2D eigenvalue weighted by molar-refractivity contribution is 7.99. The number of hydrogen-bond donors (Lipinski definition) is 2. The van der Waals surface area contributed by atoms with Crippen molar-refractivity contribution in [3.8, 4) is 0 Å². The summed E-state index contributed by atoms with van der Waals surface area (Å²) in [6.07, 6.45) is 0. The molecule has 2 N–H and O–H groups in total. The maximum absolute atomic E-state index is 12.6. The number of carbonyl (C=O) groups excluding carboxylic acids is 2. The van der Waals surface area contributed by atoms with Gasteiger partial charge in [0.2, 0.25) is 5.91 Å². The average molecular weight is 582 g/mol. The Balaban J connectivity index is 1.65. The highest BCUT2D eigenvalue weighted by atomic mass is 35.5. The number of benzene rings is 2. The molecule has 0 aliphatic rings. The molecule has 0 saturated heterocycles. The molecule has 1 aromatic heterocycles. The number of anilines is 1. The first-order valence-corrected chi connectivity index (χ1v) is 12.7. The third-order valence-corrected chi connectivity index (χ3v) is 7.34. The molecule has 2 aromatic carbocycles. The lowest BCUT2D eigenvalue weighted by molar-refractivity contribution is -0.113. The van der Waals surface area contributed by atoms with Crippen LogP contribution in [0.2, 0.25) is 25.1 Å². The fourth-order valence-corrected chi connectivity index (χ4v) is 4.64. The number of nitrogens with zero attached hydrogens (tertiary/aromatic N) is 3. The van der Waals surface area contributed by atoms with Crippen molar-refractivity contribution in [3.63, 3.8) is 0 Å². The van der Waals surface area contributed by atoms with E-state index in [2.05, 4.69) is 20.8 Å². The number of thioether (sulfide) groups is 1. The SMILES string of the molecule is CCn1c(SCC(=O)Nc2cc(Cl)c(Cl)cc2Cl)nnc1[C@@H](C)NC(=O)c1ccc(Cl)c(Cl)c1. The minimum Gasteiger partial charge on any atom is -0.342 e. The standard InChI is InChI=1S/C21H18Cl5N5O2S/c1-3-31-19(10(2)27-20(33)11-4-5-12(22)13(23)6-11)29-30-21(31)34-9-18(32)28-17-8-15(25)14(24)7-16(17)26/h4-8,10H,3,9H2,1-2H3,(H,27,33)(H,28,32)/t10-/m1/s1. The molecular weight excluding hydrogens is 564 g/mol. The lowest BCUT2D eigenvalue weighted by Gasteiger charge is -2.15. The van der Waals surface area contributed by atoms with E-state index in [-0.39, 0.29) is 32.6 Å². The van der Waals surface area contributed by atoms with Crippen LogP contribution in [-0.2, 0) is 11.3 Å². The van der Waals surface area contributed by atoms with Crippen LogP contribution in [0.1, 0.15) is 36.1 Å². The van der Waals surface area contributed by atoms with E-state index in [0.717, 1.165) is 0 Å². The van der Waals surface area contributed by atoms with Gasteiger partial charge in [-0.2, -0.15) is 0 Å². The van der Waals surface area contributed by atoms with Crippen LogP contribution in [-0.4, -0.2) is 32.3 Å². The molecule has 0 spiro atoms. The molecule has 0 unspecified atom stereocenters. The van der Waals surface area contributed by atoms with Gasteiger partial charge in [0.1, 0.15) is 0 Å². The van der Waals surface area contributed by atoms with Crippen LogP contribution in [0.4, 0.5) is 5.69 Å². The number of carbonyl (C=O) groups is 2. The first-order valence-electron chi connectivity index (χ1n) is 9.86. The number of amides is 2. The van der Waals surface area contributed by atoms with Crippen LogP contribution in [0.25, 0.3) is 0 Å². The molecule has 7 nitrogen and oxygen atoms in total. The Morgan fingerprint density at radius 1 is 0.971 bits per heavy atom. The minimum atomic E-state index is -0.451. The van der Waals surface area contributed by atoms with Crippen molar-refractivity contribution in [1.82, 2.24) is 20.1 Å². The lowest BCUT2D eigenvalue weighted by Crippen LogP contribution is -2.28. The van der Waals surface area contributed by atoms with E-state index in [0.29, 0.717) is 38.8 Å². The van der Waals surface area contributed by atoms with Crippen LogP contribution in [0.3, 0.4) is 0 Å². The second-order valence-corrected chi connectivity index (χ2v) is 9.97. The second kappa shape index (κ2) is 11.8. The third kappa shape index (κ3) is 6.50. The summed E-state index contributed by atoms with van der Waals surface area (Å²) in [5, 5.41) is 16.0. The van der Waals surface area contributed by atoms with Gasteiger partial charge in [-0.3, -0.25) is 9.59 Å². The van der Waals surface area contributed by atoms with E-state index in [4.69, 9.17) is 58.0 Å². The van der Waals surface area contributed by atoms with Gasteiger partial charge < -0.3 is 15.2 Å². The van der Waals surface area contributed by atoms with Gasteiger partial charge in [-0.15, -0.1) is 10.2 Å². The molecule has 0 fully saturated rings. The summed E-state index contributed by atoms with van der Waals surface area (Å²) >= 11 is 31.1. The summed E-state index contributed by atoms with van der Waals surface area (Å²) in [5.74, 6) is -0.0350.